The summed E-state index contributed by atoms with van der Waals surface area (Å²) < 4.78 is 16.4. The summed E-state index contributed by atoms with van der Waals surface area (Å²) in [5, 5.41) is 0.120. The van der Waals surface area contributed by atoms with Gasteiger partial charge in [-0.05, 0) is 19.3 Å². The summed E-state index contributed by atoms with van der Waals surface area (Å²) in [4.78, 5) is 0. The van der Waals surface area contributed by atoms with Crippen LogP contribution in [-0.2, 0) is 14.2 Å². The van der Waals surface area contributed by atoms with Gasteiger partial charge in [0.15, 0.2) is 0 Å². The summed E-state index contributed by atoms with van der Waals surface area (Å²) in [6.45, 7) is 1.57. The van der Waals surface area contributed by atoms with E-state index in [-0.39, 0.29) is 17.6 Å². The Morgan fingerprint density at radius 1 is 1.50 bits per heavy atom. The molecule has 0 amide bonds. The minimum atomic E-state index is 0.0677. The van der Waals surface area contributed by atoms with Gasteiger partial charge in [-0.15, -0.1) is 11.6 Å². The molecule has 1 aliphatic heterocycles. The van der Waals surface area contributed by atoms with Gasteiger partial charge in [-0.2, -0.15) is 0 Å². The number of hydrogen-bond acceptors (Lipinski definition) is 3. The Balaban J connectivity index is 1.65. The van der Waals surface area contributed by atoms with Crippen LogP contribution in [0.15, 0.2) is 0 Å². The van der Waals surface area contributed by atoms with Gasteiger partial charge < -0.3 is 14.2 Å². The van der Waals surface area contributed by atoms with Crippen LogP contribution in [0, 0.1) is 0 Å². The molecule has 2 rings (SSSR count). The van der Waals surface area contributed by atoms with E-state index in [1.807, 2.05) is 0 Å². The third-order valence-corrected chi connectivity index (χ3v) is 3.40. The van der Waals surface area contributed by atoms with Crippen molar-refractivity contribution in [3.63, 3.8) is 0 Å². The molecule has 1 saturated carbocycles. The van der Waals surface area contributed by atoms with Crippen molar-refractivity contribution in [2.45, 2.75) is 43.0 Å². The highest BCUT2D eigenvalue weighted by molar-refractivity contribution is 6.21. The molecule has 82 valence electrons. The fraction of sp³-hybridized carbons (Fsp3) is 1.00. The van der Waals surface area contributed by atoms with Crippen molar-refractivity contribution < 1.29 is 14.2 Å². The Hall–Kier alpha value is 0.170. The molecule has 3 nitrogen and oxygen atoms in total. The van der Waals surface area contributed by atoms with Gasteiger partial charge in [0.1, 0.15) is 0 Å². The average molecular weight is 221 g/mol. The highest BCUT2D eigenvalue weighted by Gasteiger charge is 2.41. The molecule has 0 spiro atoms. The number of methoxy groups -OCH3 is 1. The van der Waals surface area contributed by atoms with Crippen LogP contribution < -0.4 is 0 Å². The second-order valence-electron chi connectivity index (χ2n) is 3.96. The molecule has 1 heterocycles. The zero-order valence-corrected chi connectivity index (χ0v) is 9.20. The summed E-state index contributed by atoms with van der Waals surface area (Å²) in [7, 11) is 1.68. The highest BCUT2D eigenvalue weighted by Crippen LogP contribution is 2.31. The van der Waals surface area contributed by atoms with Crippen LogP contribution in [0.5, 0.6) is 0 Å². The quantitative estimate of drug-likeness (QED) is 0.674. The van der Waals surface area contributed by atoms with E-state index in [1.165, 1.54) is 0 Å². The second kappa shape index (κ2) is 4.79. The zero-order chi connectivity index (χ0) is 9.97. The van der Waals surface area contributed by atoms with Gasteiger partial charge in [0.25, 0.3) is 0 Å². The highest BCUT2D eigenvalue weighted by atomic mass is 35.5. The maximum Gasteiger partial charge on any atom is 0.0997 e. The van der Waals surface area contributed by atoms with Crippen molar-refractivity contribution in [1.29, 1.82) is 0 Å². The molecule has 0 aromatic heterocycles. The fourth-order valence-electron chi connectivity index (χ4n) is 2.00. The van der Waals surface area contributed by atoms with Crippen molar-refractivity contribution in [3.8, 4) is 0 Å². The molecule has 0 N–H and O–H groups in total. The largest absolute Gasteiger partial charge is 0.377 e. The smallest absolute Gasteiger partial charge is 0.0997 e. The summed E-state index contributed by atoms with van der Waals surface area (Å²) >= 11 is 5.97. The second-order valence-corrected chi connectivity index (χ2v) is 4.52. The lowest BCUT2D eigenvalue weighted by Crippen LogP contribution is -2.51. The third kappa shape index (κ3) is 2.22. The first-order valence-corrected chi connectivity index (χ1v) is 5.65. The number of halogens is 1. The molecular weight excluding hydrogens is 204 g/mol. The summed E-state index contributed by atoms with van der Waals surface area (Å²) in [5.41, 5.74) is 0. The van der Waals surface area contributed by atoms with E-state index >= 15 is 0 Å². The van der Waals surface area contributed by atoms with Crippen LogP contribution in [0.2, 0.25) is 0 Å². The molecular formula is C10H17ClO3. The van der Waals surface area contributed by atoms with Gasteiger partial charge in [0, 0.05) is 13.7 Å². The van der Waals surface area contributed by atoms with E-state index in [9.17, 15) is 0 Å². The molecule has 4 atom stereocenters. The van der Waals surface area contributed by atoms with E-state index in [2.05, 4.69) is 0 Å². The Kier molecular flexibility index (Phi) is 3.66. The van der Waals surface area contributed by atoms with E-state index in [0.717, 1.165) is 25.9 Å². The van der Waals surface area contributed by atoms with Crippen LogP contribution in [0.4, 0.5) is 0 Å². The third-order valence-electron chi connectivity index (χ3n) is 2.97. The van der Waals surface area contributed by atoms with Gasteiger partial charge >= 0.3 is 0 Å². The normalized spacial score (nSPS) is 42.4. The van der Waals surface area contributed by atoms with Gasteiger partial charge in [0.05, 0.1) is 30.3 Å². The molecule has 0 radical (unpaired) electrons. The van der Waals surface area contributed by atoms with Gasteiger partial charge in [0.2, 0.25) is 0 Å². The summed E-state index contributed by atoms with van der Waals surface area (Å²) in [5.74, 6) is 0. The molecule has 4 heteroatoms. The van der Waals surface area contributed by atoms with Crippen molar-refractivity contribution in [2.24, 2.45) is 0 Å². The van der Waals surface area contributed by atoms with Crippen LogP contribution in [-0.4, -0.2) is 44.0 Å². The van der Waals surface area contributed by atoms with Crippen molar-refractivity contribution in [2.75, 3.05) is 20.3 Å². The number of rotatable bonds is 4. The Bertz CT molecular complexity index is 182. The molecule has 0 bridgehead atoms. The number of hydrogen-bond donors (Lipinski definition) is 0. The molecule has 0 aromatic carbocycles. The molecule has 2 aliphatic rings. The lowest BCUT2D eigenvalue weighted by atomic mass is 9.91. The van der Waals surface area contributed by atoms with E-state index in [0.29, 0.717) is 12.7 Å². The molecule has 1 saturated heterocycles. The number of ether oxygens (including phenoxy) is 3. The Morgan fingerprint density at radius 3 is 2.93 bits per heavy atom. The van der Waals surface area contributed by atoms with Crippen molar-refractivity contribution in [1.82, 2.24) is 0 Å². The monoisotopic (exact) mass is 220 g/mol. The SMILES string of the molecule is COC1C(Cl)CC1OCC1CCCO1. The van der Waals surface area contributed by atoms with Crippen LogP contribution >= 0.6 is 11.6 Å². The first kappa shape index (κ1) is 10.7. The number of alkyl halides is 1. The maximum absolute atomic E-state index is 5.97. The Morgan fingerprint density at radius 2 is 2.36 bits per heavy atom. The molecule has 14 heavy (non-hydrogen) atoms. The van der Waals surface area contributed by atoms with E-state index in [1.54, 1.807) is 7.11 Å². The van der Waals surface area contributed by atoms with E-state index in [4.69, 9.17) is 25.8 Å². The Labute approximate surface area is 89.7 Å². The minimum absolute atomic E-state index is 0.0677. The van der Waals surface area contributed by atoms with Crippen LogP contribution in [0.3, 0.4) is 0 Å². The predicted octanol–water partition coefficient (Wildman–Crippen LogP) is 1.58. The fourth-order valence-corrected chi connectivity index (χ4v) is 2.44. The molecule has 2 fully saturated rings. The van der Waals surface area contributed by atoms with Crippen LogP contribution in [0.25, 0.3) is 0 Å². The standard InChI is InChI=1S/C10H17ClO3/c1-12-10-8(11)5-9(10)14-6-7-3-2-4-13-7/h7-10H,2-6H2,1H3. The van der Waals surface area contributed by atoms with Gasteiger partial charge in [-0.3, -0.25) is 0 Å². The molecule has 0 aromatic rings. The summed E-state index contributed by atoms with van der Waals surface area (Å²) in [6.07, 6.45) is 3.71. The first-order chi connectivity index (χ1) is 6.81. The first-order valence-electron chi connectivity index (χ1n) is 5.21. The minimum Gasteiger partial charge on any atom is -0.377 e. The average Bonchev–Trinajstić information content (AvgIpc) is 2.65. The molecule has 4 unspecified atom stereocenters. The van der Waals surface area contributed by atoms with Crippen LogP contribution in [0.1, 0.15) is 19.3 Å². The van der Waals surface area contributed by atoms with Gasteiger partial charge in [-0.25, -0.2) is 0 Å². The zero-order valence-electron chi connectivity index (χ0n) is 8.45. The lowest BCUT2D eigenvalue weighted by Gasteiger charge is -2.40. The summed E-state index contributed by atoms with van der Waals surface area (Å²) in [6, 6.07) is 0. The van der Waals surface area contributed by atoms with Gasteiger partial charge in [-0.1, -0.05) is 0 Å². The van der Waals surface area contributed by atoms with E-state index < -0.39 is 0 Å². The van der Waals surface area contributed by atoms with Crippen molar-refractivity contribution >= 4 is 11.6 Å². The molecule has 1 aliphatic carbocycles. The lowest BCUT2D eigenvalue weighted by molar-refractivity contribution is -0.126. The topological polar surface area (TPSA) is 27.7 Å². The van der Waals surface area contributed by atoms with Crippen molar-refractivity contribution in [3.05, 3.63) is 0 Å². The maximum atomic E-state index is 5.97. The predicted molar refractivity (Wildman–Crippen MR) is 53.8 cm³/mol.